The lowest BCUT2D eigenvalue weighted by Crippen LogP contribution is -2.40. The Morgan fingerprint density at radius 1 is 1.16 bits per heavy atom. The maximum Gasteiger partial charge on any atom is 0.338 e. The Morgan fingerprint density at radius 2 is 1.87 bits per heavy atom. The molecule has 0 unspecified atom stereocenters. The van der Waals surface area contributed by atoms with Crippen LogP contribution in [0.3, 0.4) is 0 Å². The molecule has 1 amide bonds. The van der Waals surface area contributed by atoms with E-state index in [2.05, 4.69) is 5.32 Å². The first-order chi connectivity index (χ1) is 14.7. The number of ether oxygens (including phenoxy) is 2. The molecule has 8 nitrogen and oxygen atoms in total. The van der Waals surface area contributed by atoms with Crippen molar-refractivity contribution in [1.29, 1.82) is 0 Å². The lowest BCUT2D eigenvalue weighted by molar-refractivity contribution is -0.119. The Bertz CT molecular complexity index is 1100. The number of hydrogen-bond donors (Lipinski definition) is 1. The minimum atomic E-state index is -3.79. The second-order valence-electron chi connectivity index (χ2n) is 6.72. The maximum atomic E-state index is 12.9. The summed E-state index contributed by atoms with van der Waals surface area (Å²) < 4.78 is 37.4. The van der Waals surface area contributed by atoms with Gasteiger partial charge in [-0.1, -0.05) is 35.3 Å². The number of nitrogens with zero attached hydrogens (tertiary/aromatic N) is 1. The second-order valence-corrected chi connectivity index (χ2v) is 9.41. The molecule has 1 saturated heterocycles. The number of esters is 1. The third kappa shape index (κ3) is 5.55. The molecule has 166 valence electrons. The van der Waals surface area contributed by atoms with Crippen LogP contribution in [-0.4, -0.2) is 57.5 Å². The number of benzene rings is 2. The molecule has 1 aliphatic heterocycles. The normalized spacial score (nSPS) is 14.8. The lowest BCUT2D eigenvalue weighted by atomic mass is 10.1. The monoisotopic (exact) mass is 486 g/mol. The highest BCUT2D eigenvalue weighted by atomic mass is 35.5. The van der Waals surface area contributed by atoms with E-state index in [9.17, 15) is 18.0 Å². The molecule has 1 heterocycles. The van der Waals surface area contributed by atoms with Crippen molar-refractivity contribution in [1.82, 2.24) is 4.31 Å². The van der Waals surface area contributed by atoms with Gasteiger partial charge in [0.2, 0.25) is 10.0 Å². The van der Waals surface area contributed by atoms with E-state index >= 15 is 0 Å². The fourth-order valence-electron chi connectivity index (χ4n) is 2.93. The highest BCUT2D eigenvalue weighted by Gasteiger charge is 2.28. The molecule has 0 aromatic heterocycles. The molecule has 1 aliphatic rings. The number of carbonyl (C=O) groups is 2. The minimum Gasteiger partial charge on any atom is -0.452 e. The van der Waals surface area contributed by atoms with Crippen LogP contribution < -0.4 is 5.32 Å². The van der Waals surface area contributed by atoms with Crippen LogP contribution in [0.4, 0.5) is 5.69 Å². The number of halogens is 2. The summed E-state index contributed by atoms with van der Waals surface area (Å²) in [5, 5.41) is 2.93. The van der Waals surface area contributed by atoms with Gasteiger partial charge in [0.05, 0.1) is 39.4 Å². The number of hydrogen-bond acceptors (Lipinski definition) is 6. The van der Waals surface area contributed by atoms with Crippen LogP contribution in [0, 0.1) is 6.92 Å². The number of morpholine rings is 1. The highest BCUT2D eigenvalue weighted by molar-refractivity contribution is 7.89. The van der Waals surface area contributed by atoms with Crippen molar-refractivity contribution in [2.24, 2.45) is 0 Å². The topological polar surface area (TPSA) is 102 Å². The Labute approximate surface area is 190 Å². The summed E-state index contributed by atoms with van der Waals surface area (Å²) in [6.45, 7) is 2.16. The van der Waals surface area contributed by atoms with Crippen molar-refractivity contribution >= 4 is 50.8 Å². The number of amides is 1. The number of anilines is 1. The lowest BCUT2D eigenvalue weighted by Gasteiger charge is -2.26. The van der Waals surface area contributed by atoms with Crippen molar-refractivity contribution in [3.8, 4) is 0 Å². The SMILES string of the molecule is Cc1ccc(C(=O)OCC(=O)Nc2cccc(Cl)c2Cl)cc1S(=O)(=O)N1CCOCC1. The Morgan fingerprint density at radius 3 is 2.58 bits per heavy atom. The van der Waals surface area contributed by atoms with Crippen LogP contribution in [0.25, 0.3) is 0 Å². The predicted molar refractivity (Wildman–Crippen MR) is 116 cm³/mol. The van der Waals surface area contributed by atoms with Crippen LogP contribution in [-0.2, 0) is 24.3 Å². The first-order valence-electron chi connectivity index (χ1n) is 9.29. The van der Waals surface area contributed by atoms with Crippen molar-refractivity contribution in [3.63, 3.8) is 0 Å². The molecule has 0 radical (unpaired) electrons. The Balaban J connectivity index is 1.69. The van der Waals surface area contributed by atoms with E-state index in [4.69, 9.17) is 32.7 Å². The van der Waals surface area contributed by atoms with Gasteiger partial charge in [0.1, 0.15) is 0 Å². The van der Waals surface area contributed by atoms with Gasteiger partial charge in [0, 0.05) is 13.1 Å². The maximum absolute atomic E-state index is 12.9. The van der Waals surface area contributed by atoms with Gasteiger partial charge in [0.15, 0.2) is 6.61 Å². The van der Waals surface area contributed by atoms with Gasteiger partial charge in [-0.2, -0.15) is 4.31 Å². The van der Waals surface area contributed by atoms with Gasteiger partial charge >= 0.3 is 5.97 Å². The fraction of sp³-hybridized carbons (Fsp3) is 0.300. The summed E-state index contributed by atoms with van der Waals surface area (Å²) in [5.74, 6) is -1.45. The van der Waals surface area contributed by atoms with Gasteiger partial charge in [-0.15, -0.1) is 0 Å². The molecular formula is C20H20Cl2N2O6S. The van der Waals surface area contributed by atoms with E-state index < -0.39 is 28.5 Å². The summed E-state index contributed by atoms with van der Waals surface area (Å²) in [4.78, 5) is 24.5. The van der Waals surface area contributed by atoms with Crippen LogP contribution in [0.15, 0.2) is 41.3 Å². The molecular weight excluding hydrogens is 467 g/mol. The number of rotatable bonds is 6. The Kier molecular flexibility index (Phi) is 7.55. The molecule has 11 heteroatoms. The van der Waals surface area contributed by atoms with Crippen molar-refractivity contribution in [2.75, 3.05) is 38.2 Å². The van der Waals surface area contributed by atoms with E-state index in [-0.39, 0.29) is 39.3 Å². The van der Waals surface area contributed by atoms with Gasteiger partial charge in [-0.3, -0.25) is 4.79 Å². The average Bonchev–Trinajstić information content (AvgIpc) is 2.76. The first-order valence-corrected chi connectivity index (χ1v) is 11.5. The van der Waals surface area contributed by atoms with E-state index in [0.717, 1.165) is 0 Å². The zero-order valence-electron chi connectivity index (χ0n) is 16.6. The Hall–Kier alpha value is -2.17. The van der Waals surface area contributed by atoms with Gasteiger partial charge in [-0.25, -0.2) is 13.2 Å². The van der Waals surface area contributed by atoms with Crippen molar-refractivity contribution in [3.05, 3.63) is 57.6 Å². The number of nitrogens with one attached hydrogen (secondary N) is 1. The molecule has 1 fully saturated rings. The van der Waals surface area contributed by atoms with Crippen LogP contribution in [0.1, 0.15) is 15.9 Å². The molecule has 31 heavy (non-hydrogen) atoms. The molecule has 2 aromatic carbocycles. The molecule has 0 bridgehead atoms. The number of sulfonamides is 1. The summed E-state index contributed by atoms with van der Waals surface area (Å²) in [5.41, 5.74) is 0.798. The zero-order chi connectivity index (χ0) is 22.6. The van der Waals surface area contributed by atoms with Crippen molar-refractivity contribution < 1.29 is 27.5 Å². The fourth-order valence-corrected chi connectivity index (χ4v) is 4.94. The van der Waals surface area contributed by atoms with E-state index in [1.807, 2.05) is 0 Å². The average molecular weight is 487 g/mol. The third-order valence-electron chi connectivity index (χ3n) is 4.57. The molecule has 2 aromatic rings. The van der Waals surface area contributed by atoms with Crippen LogP contribution >= 0.6 is 23.2 Å². The second kappa shape index (κ2) is 9.97. The first kappa shape index (κ1) is 23.5. The third-order valence-corrected chi connectivity index (χ3v) is 7.43. The summed E-state index contributed by atoms with van der Waals surface area (Å²) >= 11 is 11.9. The van der Waals surface area contributed by atoms with E-state index in [1.165, 1.54) is 22.5 Å². The molecule has 0 saturated carbocycles. The summed E-state index contributed by atoms with van der Waals surface area (Å²) in [7, 11) is -3.79. The summed E-state index contributed by atoms with van der Waals surface area (Å²) in [6.07, 6.45) is 0. The molecule has 1 N–H and O–H groups in total. The number of aryl methyl sites for hydroxylation is 1. The van der Waals surface area contributed by atoms with Crippen molar-refractivity contribution in [2.45, 2.75) is 11.8 Å². The van der Waals surface area contributed by atoms with E-state index in [1.54, 1.807) is 25.1 Å². The van der Waals surface area contributed by atoms with Gasteiger partial charge in [0.25, 0.3) is 5.91 Å². The molecule has 3 rings (SSSR count). The summed E-state index contributed by atoms with van der Waals surface area (Å²) in [6, 6.07) is 8.96. The van der Waals surface area contributed by atoms with E-state index in [0.29, 0.717) is 18.8 Å². The van der Waals surface area contributed by atoms with Gasteiger partial charge in [-0.05, 0) is 36.8 Å². The predicted octanol–water partition coefficient (Wildman–Crippen LogP) is 3.12. The number of carbonyl (C=O) groups excluding carboxylic acids is 2. The quantitative estimate of drug-likeness (QED) is 0.629. The zero-order valence-corrected chi connectivity index (χ0v) is 18.9. The van der Waals surface area contributed by atoms with Gasteiger partial charge < -0.3 is 14.8 Å². The highest BCUT2D eigenvalue weighted by Crippen LogP contribution is 2.29. The molecule has 0 aliphatic carbocycles. The van der Waals surface area contributed by atoms with Crippen LogP contribution in [0.2, 0.25) is 10.0 Å². The smallest absolute Gasteiger partial charge is 0.338 e. The van der Waals surface area contributed by atoms with Crippen LogP contribution in [0.5, 0.6) is 0 Å². The molecule has 0 atom stereocenters. The minimum absolute atomic E-state index is 0.0130. The largest absolute Gasteiger partial charge is 0.452 e. The molecule has 0 spiro atoms. The standard InChI is InChI=1S/C20H20Cl2N2O6S/c1-13-5-6-14(11-17(13)31(27,28)24-7-9-29-10-8-24)20(26)30-12-18(25)23-16-4-2-3-15(21)19(16)22/h2-6,11H,7-10,12H2,1H3,(H,23,25).